The van der Waals surface area contributed by atoms with Crippen LogP contribution in [0.25, 0.3) is 5.78 Å². The number of alkyl halides is 3. The lowest BCUT2D eigenvalue weighted by atomic mass is 10.1. The largest absolute Gasteiger partial charge is 0.451 e. The molecule has 0 atom stereocenters. The summed E-state index contributed by atoms with van der Waals surface area (Å²) in [4.78, 5) is 16.7. The topological polar surface area (TPSA) is 52.2 Å². The van der Waals surface area contributed by atoms with E-state index in [1.807, 2.05) is 0 Å². The Bertz CT molecular complexity index is 974. The van der Waals surface area contributed by atoms with Gasteiger partial charge in [-0.05, 0) is 24.6 Å². The highest BCUT2D eigenvalue weighted by atomic mass is 35.5. The minimum Gasteiger partial charge on any atom is -0.292 e. The first-order valence-corrected chi connectivity index (χ1v) is 7.33. The van der Waals surface area contributed by atoms with E-state index in [0.29, 0.717) is 20.8 Å². The molecule has 0 N–H and O–H groups in total. The zero-order chi connectivity index (χ0) is 17.6. The number of fused-ring (bicyclic) bond motifs is 1. The molecule has 9 heteroatoms. The van der Waals surface area contributed by atoms with E-state index in [2.05, 4.69) is 10.1 Å². The average Bonchev–Trinajstić information content (AvgIpc) is 2.83. The molecule has 0 aliphatic carbocycles. The molecule has 3 aromatic rings. The van der Waals surface area contributed by atoms with Gasteiger partial charge in [0.05, 0.1) is 5.69 Å². The molecule has 0 saturated heterocycles. The van der Waals surface area contributed by atoms with Crippen LogP contribution in [0.4, 0.5) is 13.2 Å². The third-order valence-electron chi connectivity index (χ3n) is 3.70. The van der Waals surface area contributed by atoms with Crippen LogP contribution in [0.1, 0.15) is 22.6 Å². The molecule has 0 amide bonds. The number of halogens is 4. The van der Waals surface area contributed by atoms with Gasteiger partial charge in [0.1, 0.15) is 0 Å². The number of benzene rings is 1. The summed E-state index contributed by atoms with van der Waals surface area (Å²) in [5, 5.41) is 3.95. The van der Waals surface area contributed by atoms with E-state index in [9.17, 15) is 18.0 Å². The lowest BCUT2D eigenvalue weighted by molar-refractivity contribution is -0.147. The molecule has 2 heterocycles. The second kappa shape index (κ2) is 5.62. The molecule has 0 aliphatic rings. The lowest BCUT2D eigenvalue weighted by Crippen LogP contribution is -2.22. The van der Waals surface area contributed by atoms with E-state index < -0.39 is 17.6 Å². The van der Waals surface area contributed by atoms with Crippen LogP contribution in [-0.4, -0.2) is 19.2 Å². The van der Waals surface area contributed by atoms with Crippen molar-refractivity contribution >= 4 is 17.4 Å². The van der Waals surface area contributed by atoms with Crippen molar-refractivity contribution in [1.29, 1.82) is 0 Å². The molecule has 126 valence electrons. The van der Waals surface area contributed by atoms with Crippen molar-refractivity contribution in [1.82, 2.24) is 19.2 Å². The van der Waals surface area contributed by atoms with E-state index in [-0.39, 0.29) is 12.2 Å². The minimum absolute atomic E-state index is 0.148. The first kappa shape index (κ1) is 16.5. The van der Waals surface area contributed by atoms with E-state index in [1.54, 1.807) is 31.2 Å². The van der Waals surface area contributed by atoms with Crippen LogP contribution in [0.2, 0.25) is 5.02 Å². The van der Waals surface area contributed by atoms with Crippen molar-refractivity contribution in [2.75, 3.05) is 0 Å². The summed E-state index contributed by atoms with van der Waals surface area (Å²) in [6, 6.07) is 6.85. The highest BCUT2D eigenvalue weighted by Gasteiger charge is 2.38. The van der Waals surface area contributed by atoms with Gasteiger partial charge in [0, 0.05) is 24.1 Å². The SMILES string of the molecule is Cc1nc2n(C)c(C(F)(F)F)nn2c(=O)c1Cc1ccc(Cl)cc1. The Morgan fingerprint density at radius 1 is 1.21 bits per heavy atom. The molecule has 0 aliphatic heterocycles. The fourth-order valence-corrected chi connectivity index (χ4v) is 2.58. The zero-order valence-electron chi connectivity index (χ0n) is 12.7. The predicted molar refractivity (Wildman–Crippen MR) is 82.2 cm³/mol. The molecule has 5 nitrogen and oxygen atoms in total. The van der Waals surface area contributed by atoms with Gasteiger partial charge in [0.2, 0.25) is 11.6 Å². The molecule has 0 bridgehead atoms. The van der Waals surface area contributed by atoms with E-state index in [0.717, 1.165) is 10.1 Å². The van der Waals surface area contributed by atoms with E-state index in [4.69, 9.17) is 11.6 Å². The normalized spacial score (nSPS) is 12.1. The van der Waals surface area contributed by atoms with Gasteiger partial charge in [-0.3, -0.25) is 9.36 Å². The molecule has 1 aromatic carbocycles. The lowest BCUT2D eigenvalue weighted by Gasteiger charge is -2.06. The second-order valence-electron chi connectivity index (χ2n) is 5.38. The number of aromatic nitrogens is 4. The van der Waals surface area contributed by atoms with E-state index >= 15 is 0 Å². The van der Waals surface area contributed by atoms with Crippen molar-refractivity contribution in [3.63, 3.8) is 0 Å². The Kier molecular flexibility index (Phi) is 3.87. The van der Waals surface area contributed by atoms with Gasteiger partial charge < -0.3 is 0 Å². The Labute approximate surface area is 139 Å². The maximum Gasteiger partial charge on any atom is 0.451 e. The number of hydrogen-bond donors (Lipinski definition) is 0. The molecule has 0 fully saturated rings. The molecule has 0 saturated carbocycles. The van der Waals surface area contributed by atoms with Crippen molar-refractivity contribution in [2.45, 2.75) is 19.5 Å². The summed E-state index contributed by atoms with van der Waals surface area (Å²) >= 11 is 5.82. The van der Waals surface area contributed by atoms with Crippen molar-refractivity contribution in [3.05, 3.63) is 62.3 Å². The quantitative estimate of drug-likeness (QED) is 0.709. The molecule has 0 unspecified atom stereocenters. The molecular formula is C15H12ClF3N4O. The fraction of sp³-hybridized carbons (Fsp3) is 0.267. The molecule has 3 rings (SSSR count). The Morgan fingerprint density at radius 3 is 2.42 bits per heavy atom. The number of rotatable bonds is 2. The van der Waals surface area contributed by atoms with Crippen LogP contribution in [0.5, 0.6) is 0 Å². The summed E-state index contributed by atoms with van der Waals surface area (Å²) in [5.74, 6) is -1.32. The van der Waals surface area contributed by atoms with Crippen LogP contribution in [0.3, 0.4) is 0 Å². The van der Waals surface area contributed by atoms with Crippen LogP contribution in [0.15, 0.2) is 29.1 Å². The number of aryl methyl sites for hydroxylation is 2. The van der Waals surface area contributed by atoms with Gasteiger partial charge >= 0.3 is 6.18 Å². The minimum atomic E-state index is -4.67. The third kappa shape index (κ3) is 2.77. The fourth-order valence-electron chi connectivity index (χ4n) is 2.46. The monoisotopic (exact) mass is 356 g/mol. The van der Waals surface area contributed by atoms with Crippen LogP contribution >= 0.6 is 11.6 Å². The summed E-state index contributed by atoms with van der Waals surface area (Å²) in [6.45, 7) is 1.59. The Hall–Kier alpha value is -2.35. The first-order valence-electron chi connectivity index (χ1n) is 6.95. The predicted octanol–water partition coefficient (Wildman–Crippen LogP) is 3.00. The standard InChI is InChI=1S/C15H12ClF3N4O/c1-8-11(7-9-3-5-10(16)6-4-9)12(24)23-14(20-8)22(2)13(21-23)15(17,18)19/h3-6H,7H2,1-2H3. The van der Waals surface area contributed by atoms with Gasteiger partial charge in [-0.2, -0.15) is 17.7 Å². The Morgan fingerprint density at radius 2 is 1.83 bits per heavy atom. The molecule has 2 aromatic heterocycles. The van der Waals surface area contributed by atoms with Crippen molar-refractivity contribution < 1.29 is 13.2 Å². The van der Waals surface area contributed by atoms with Gasteiger partial charge in [-0.1, -0.05) is 23.7 Å². The summed E-state index contributed by atoms with van der Waals surface area (Å²) in [5.41, 5.74) is 0.847. The maximum absolute atomic E-state index is 13.0. The van der Waals surface area contributed by atoms with Gasteiger partial charge in [-0.15, -0.1) is 5.10 Å². The second-order valence-corrected chi connectivity index (χ2v) is 5.81. The zero-order valence-corrected chi connectivity index (χ0v) is 13.5. The van der Waals surface area contributed by atoms with Gasteiger partial charge in [-0.25, -0.2) is 4.98 Å². The Balaban J connectivity index is 2.16. The maximum atomic E-state index is 13.0. The third-order valence-corrected chi connectivity index (χ3v) is 3.96. The highest BCUT2D eigenvalue weighted by Crippen LogP contribution is 2.27. The summed E-state index contributed by atoms with van der Waals surface area (Å²) < 4.78 is 40.4. The van der Waals surface area contributed by atoms with Gasteiger partial charge in [0.25, 0.3) is 5.56 Å². The first-order chi connectivity index (χ1) is 11.2. The number of nitrogens with zero attached hydrogens (tertiary/aromatic N) is 4. The van der Waals surface area contributed by atoms with Crippen molar-refractivity contribution in [2.24, 2.45) is 7.05 Å². The molecule has 24 heavy (non-hydrogen) atoms. The summed E-state index contributed by atoms with van der Waals surface area (Å²) in [7, 11) is 1.18. The highest BCUT2D eigenvalue weighted by molar-refractivity contribution is 6.30. The van der Waals surface area contributed by atoms with Crippen LogP contribution < -0.4 is 5.56 Å². The average molecular weight is 357 g/mol. The van der Waals surface area contributed by atoms with Crippen LogP contribution in [-0.2, 0) is 19.6 Å². The summed E-state index contributed by atoms with van der Waals surface area (Å²) in [6.07, 6.45) is -4.44. The van der Waals surface area contributed by atoms with Crippen LogP contribution in [0, 0.1) is 6.92 Å². The molecule has 0 radical (unpaired) electrons. The molecule has 0 spiro atoms. The van der Waals surface area contributed by atoms with E-state index in [1.165, 1.54) is 7.05 Å². The molecular weight excluding hydrogens is 345 g/mol. The number of hydrogen-bond acceptors (Lipinski definition) is 3. The smallest absolute Gasteiger partial charge is 0.292 e. The van der Waals surface area contributed by atoms with Crippen molar-refractivity contribution in [3.8, 4) is 0 Å². The van der Waals surface area contributed by atoms with Gasteiger partial charge in [0.15, 0.2) is 0 Å².